The third-order valence-electron chi connectivity index (χ3n) is 4.71. The van der Waals surface area contributed by atoms with E-state index in [0.717, 1.165) is 29.8 Å². The van der Waals surface area contributed by atoms with Crippen molar-refractivity contribution in [2.45, 2.75) is 51.5 Å². The van der Waals surface area contributed by atoms with Crippen LogP contribution in [0, 0.1) is 6.92 Å². The van der Waals surface area contributed by atoms with Gasteiger partial charge in [-0.1, -0.05) is 31.7 Å². The van der Waals surface area contributed by atoms with Crippen LogP contribution in [-0.2, 0) is 0 Å². The van der Waals surface area contributed by atoms with Gasteiger partial charge in [-0.2, -0.15) is 0 Å². The van der Waals surface area contributed by atoms with Gasteiger partial charge in [-0.05, 0) is 37.5 Å². The van der Waals surface area contributed by atoms with Crippen LogP contribution >= 0.6 is 0 Å². The zero-order chi connectivity index (χ0) is 18.4. The standard InChI is InChI=1S/C20H26N4O2/c1-14-9-10-18(26-2)17(11-14)24-20-21-12-15(13-22-20)19(25)23-16-7-5-3-4-6-8-16/h9-13,16H,3-8H2,1-2H3,(H,23,25)(H,21,22,24). The number of aromatic nitrogens is 2. The second kappa shape index (κ2) is 8.65. The zero-order valence-electron chi connectivity index (χ0n) is 15.4. The van der Waals surface area contributed by atoms with E-state index < -0.39 is 0 Å². The van der Waals surface area contributed by atoms with Gasteiger partial charge in [-0.25, -0.2) is 9.97 Å². The van der Waals surface area contributed by atoms with Crippen LogP contribution in [0.5, 0.6) is 5.75 Å². The SMILES string of the molecule is COc1ccc(C)cc1Nc1ncc(C(=O)NC2CCCCCC2)cn1. The number of nitrogens with one attached hydrogen (secondary N) is 2. The first-order chi connectivity index (χ1) is 12.7. The van der Waals surface area contributed by atoms with E-state index in [4.69, 9.17) is 4.74 Å². The number of methoxy groups -OCH3 is 1. The molecule has 3 rings (SSSR count). The third-order valence-corrected chi connectivity index (χ3v) is 4.71. The fourth-order valence-electron chi connectivity index (χ4n) is 3.24. The summed E-state index contributed by atoms with van der Waals surface area (Å²) < 4.78 is 5.35. The van der Waals surface area contributed by atoms with Crippen LogP contribution in [0.4, 0.5) is 11.6 Å². The van der Waals surface area contributed by atoms with Gasteiger partial charge in [0, 0.05) is 18.4 Å². The fourth-order valence-corrected chi connectivity index (χ4v) is 3.24. The van der Waals surface area contributed by atoms with Gasteiger partial charge in [0.2, 0.25) is 5.95 Å². The minimum Gasteiger partial charge on any atom is -0.495 e. The highest BCUT2D eigenvalue weighted by Crippen LogP contribution is 2.27. The highest BCUT2D eigenvalue weighted by atomic mass is 16.5. The minimum atomic E-state index is -0.100. The molecule has 1 aromatic heterocycles. The maximum Gasteiger partial charge on any atom is 0.254 e. The Kier molecular flexibility index (Phi) is 6.04. The number of nitrogens with zero attached hydrogens (tertiary/aromatic N) is 2. The molecule has 6 heteroatoms. The summed E-state index contributed by atoms with van der Waals surface area (Å²) >= 11 is 0. The molecule has 6 nitrogen and oxygen atoms in total. The molecule has 2 aromatic rings. The normalized spacial score (nSPS) is 15.2. The van der Waals surface area contributed by atoms with Gasteiger partial charge in [-0.15, -0.1) is 0 Å². The number of hydrogen-bond donors (Lipinski definition) is 2. The zero-order valence-corrected chi connectivity index (χ0v) is 15.4. The number of aryl methyl sites for hydroxylation is 1. The number of carbonyl (C=O) groups excluding carboxylic acids is 1. The number of rotatable bonds is 5. The van der Waals surface area contributed by atoms with Gasteiger partial charge in [0.1, 0.15) is 5.75 Å². The summed E-state index contributed by atoms with van der Waals surface area (Å²) in [4.78, 5) is 21.0. The molecule has 1 heterocycles. The molecule has 0 unspecified atom stereocenters. The Labute approximate surface area is 154 Å². The highest BCUT2D eigenvalue weighted by molar-refractivity contribution is 5.93. The molecule has 2 N–H and O–H groups in total. The first kappa shape index (κ1) is 18.2. The summed E-state index contributed by atoms with van der Waals surface area (Å²) in [5, 5.41) is 6.25. The number of hydrogen-bond acceptors (Lipinski definition) is 5. The van der Waals surface area contributed by atoms with E-state index in [2.05, 4.69) is 20.6 Å². The summed E-state index contributed by atoms with van der Waals surface area (Å²) in [7, 11) is 1.62. The molecule has 0 bridgehead atoms. The molecule has 0 spiro atoms. The predicted octanol–water partition coefficient (Wildman–Crippen LogP) is 3.99. The van der Waals surface area contributed by atoms with Gasteiger partial charge in [-0.3, -0.25) is 4.79 Å². The molecule has 0 atom stereocenters. The van der Waals surface area contributed by atoms with Crippen molar-refractivity contribution in [3.8, 4) is 5.75 Å². The summed E-state index contributed by atoms with van der Waals surface area (Å²) in [6.07, 6.45) is 10.1. The van der Waals surface area contributed by atoms with Crippen molar-refractivity contribution in [1.82, 2.24) is 15.3 Å². The van der Waals surface area contributed by atoms with E-state index in [1.54, 1.807) is 19.5 Å². The van der Waals surface area contributed by atoms with E-state index in [-0.39, 0.29) is 11.9 Å². The molecule has 26 heavy (non-hydrogen) atoms. The maximum absolute atomic E-state index is 12.4. The molecule has 1 aliphatic rings. The highest BCUT2D eigenvalue weighted by Gasteiger charge is 2.16. The predicted molar refractivity (Wildman–Crippen MR) is 102 cm³/mol. The van der Waals surface area contributed by atoms with Crippen LogP contribution in [-0.4, -0.2) is 29.0 Å². The number of amides is 1. The largest absolute Gasteiger partial charge is 0.495 e. The van der Waals surface area contributed by atoms with E-state index in [0.29, 0.717) is 11.5 Å². The summed E-state index contributed by atoms with van der Waals surface area (Å²) in [6, 6.07) is 6.10. The first-order valence-electron chi connectivity index (χ1n) is 9.20. The Bertz CT molecular complexity index is 738. The van der Waals surface area contributed by atoms with Crippen LogP contribution in [0.15, 0.2) is 30.6 Å². The van der Waals surface area contributed by atoms with Crippen molar-refractivity contribution in [2.24, 2.45) is 0 Å². The number of carbonyl (C=O) groups is 1. The van der Waals surface area contributed by atoms with Gasteiger partial charge in [0.15, 0.2) is 0 Å². The monoisotopic (exact) mass is 354 g/mol. The van der Waals surface area contributed by atoms with E-state index >= 15 is 0 Å². The van der Waals surface area contributed by atoms with Crippen molar-refractivity contribution in [2.75, 3.05) is 12.4 Å². The molecule has 1 amide bonds. The summed E-state index contributed by atoms with van der Waals surface area (Å²) in [5.74, 6) is 1.05. The minimum absolute atomic E-state index is 0.100. The van der Waals surface area contributed by atoms with Crippen molar-refractivity contribution in [3.63, 3.8) is 0 Å². The van der Waals surface area contributed by atoms with Crippen molar-refractivity contribution in [3.05, 3.63) is 41.7 Å². The average Bonchev–Trinajstić information content (AvgIpc) is 2.91. The smallest absolute Gasteiger partial charge is 0.254 e. The Morgan fingerprint density at radius 3 is 2.46 bits per heavy atom. The van der Waals surface area contributed by atoms with Crippen LogP contribution in [0.1, 0.15) is 54.4 Å². The van der Waals surface area contributed by atoms with Gasteiger partial charge in [0.25, 0.3) is 5.91 Å². The van der Waals surface area contributed by atoms with E-state index in [1.807, 2.05) is 25.1 Å². The van der Waals surface area contributed by atoms with Gasteiger partial charge >= 0.3 is 0 Å². The molecular formula is C20H26N4O2. The lowest BCUT2D eigenvalue weighted by Crippen LogP contribution is -2.34. The van der Waals surface area contributed by atoms with Crippen LogP contribution in [0.2, 0.25) is 0 Å². The second-order valence-corrected chi connectivity index (χ2v) is 6.79. The second-order valence-electron chi connectivity index (χ2n) is 6.79. The lowest BCUT2D eigenvalue weighted by atomic mass is 10.1. The fraction of sp³-hybridized carbons (Fsp3) is 0.450. The molecule has 0 radical (unpaired) electrons. The average molecular weight is 354 g/mol. The van der Waals surface area contributed by atoms with Crippen LogP contribution < -0.4 is 15.4 Å². The first-order valence-corrected chi connectivity index (χ1v) is 9.20. The molecule has 1 aliphatic carbocycles. The Morgan fingerprint density at radius 1 is 1.12 bits per heavy atom. The molecule has 0 aliphatic heterocycles. The lowest BCUT2D eigenvalue weighted by Gasteiger charge is -2.16. The number of ether oxygens (including phenoxy) is 1. The molecule has 1 aromatic carbocycles. The van der Waals surface area contributed by atoms with Crippen molar-refractivity contribution < 1.29 is 9.53 Å². The Hall–Kier alpha value is -2.63. The molecule has 1 fully saturated rings. The number of anilines is 2. The molecule has 0 saturated heterocycles. The van der Waals surface area contributed by atoms with Crippen LogP contribution in [0.3, 0.4) is 0 Å². The van der Waals surface area contributed by atoms with Crippen molar-refractivity contribution >= 4 is 17.5 Å². The third kappa shape index (κ3) is 4.71. The number of benzene rings is 1. The lowest BCUT2D eigenvalue weighted by molar-refractivity contribution is 0.0932. The van der Waals surface area contributed by atoms with Crippen molar-refractivity contribution in [1.29, 1.82) is 0 Å². The van der Waals surface area contributed by atoms with Crippen LogP contribution in [0.25, 0.3) is 0 Å². The molecular weight excluding hydrogens is 328 g/mol. The van der Waals surface area contributed by atoms with Gasteiger partial charge < -0.3 is 15.4 Å². The maximum atomic E-state index is 12.4. The topological polar surface area (TPSA) is 76.1 Å². The van der Waals surface area contributed by atoms with E-state index in [9.17, 15) is 4.79 Å². The quantitative estimate of drug-likeness (QED) is 0.794. The summed E-state index contributed by atoms with van der Waals surface area (Å²) in [6.45, 7) is 2.01. The Balaban J connectivity index is 1.64. The molecule has 1 saturated carbocycles. The molecule has 138 valence electrons. The Morgan fingerprint density at radius 2 is 1.81 bits per heavy atom. The summed E-state index contributed by atoms with van der Waals surface area (Å²) in [5.41, 5.74) is 2.38. The van der Waals surface area contributed by atoms with E-state index in [1.165, 1.54) is 25.7 Å². The van der Waals surface area contributed by atoms with Gasteiger partial charge in [0.05, 0.1) is 18.4 Å².